The van der Waals surface area contributed by atoms with E-state index in [0.717, 1.165) is 26.4 Å². The van der Waals surface area contributed by atoms with Crippen molar-refractivity contribution in [1.82, 2.24) is 24.9 Å². The summed E-state index contributed by atoms with van der Waals surface area (Å²) in [6.45, 7) is 2.00. The van der Waals surface area contributed by atoms with Crippen LogP contribution in [0, 0.1) is 6.92 Å². The first kappa shape index (κ1) is 15.8. The summed E-state index contributed by atoms with van der Waals surface area (Å²) in [5.74, 6) is 0. The number of H-pyrrole nitrogens is 1. The van der Waals surface area contributed by atoms with Gasteiger partial charge in [-0.1, -0.05) is 12.1 Å². The van der Waals surface area contributed by atoms with Crippen LogP contribution in [0.3, 0.4) is 0 Å². The zero-order valence-electron chi connectivity index (χ0n) is 14.3. The maximum atomic E-state index is 12.3. The fourth-order valence-electron chi connectivity index (χ4n) is 3.02. The van der Waals surface area contributed by atoms with E-state index >= 15 is 0 Å². The average Bonchev–Trinajstić information content (AvgIpc) is 3.13. The van der Waals surface area contributed by atoms with Crippen LogP contribution < -0.4 is 5.43 Å². The third-order valence-electron chi connectivity index (χ3n) is 4.28. The van der Waals surface area contributed by atoms with Crippen LogP contribution in [-0.2, 0) is 0 Å². The van der Waals surface area contributed by atoms with Crippen LogP contribution in [0.15, 0.2) is 59.8 Å². The summed E-state index contributed by atoms with van der Waals surface area (Å²) in [6.07, 6.45) is 5.16. The highest BCUT2D eigenvalue weighted by atomic mass is 32.1. The molecule has 0 saturated carbocycles. The maximum Gasteiger partial charge on any atom is 0.209 e. The molecular formula is C20H13N5OS. The van der Waals surface area contributed by atoms with Gasteiger partial charge in [0.2, 0.25) is 5.43 Å². The number of thiazole rings is 1. The highest BCUT2D eigenvalue weighted by Crippen LogP contribution is 2.33. The summed E-state index contributed by atoms with van der Waals surface area (Å²) in [6, 6.07) is 11.3. The first-order chi connectivity index (χ1) is 13.2. The van der Waals surface area contributed by atoms with Gasteiger partial charge in [0.1, 0.15) is 16.4 Å². The van der Waals surface area contributed by atoms with E-state index in [-0.39, 0.29) is 5.43 Å². The molecule has 1 aromatic carbocycles. The van der Waals surface area contributed by atoms with Crippen molar-refractivity contribution < 1.29 is 0 Å². The number of fused-ring (bicyclic) bond motifs is 2. The van der Waals surface area contributed by atoms with Gasteiger partial charge in [-0.25, -0.2) is 15.0 Å². The van der Waals surface area contributed by atoms with Gasteiger partial charge in [0.15, 0.2) is 11.2 Å². The van der Waals surface area contributed by atoms with Gasteiger partial charge < -0.3 is 4.98 Å². The quantitative estimate of drug-likeness (QED) is 0.508. The van der Waals surface area contributed by atoms with Gasteiger partial charge in [-0.05, 0) is 25.1 Å². The summed E-state index contributed by atoms with van der Waals surface area (Å²) in [4.78, 5) is 34.6. The van der Waals surface area contributed by atoms with Crippen molar-refractivity contribution in [2.45, 2.75) is 6.92 Å². The molecule has 27 heavy (non-hydrogen) atoms. The van der Waals surface area contributed by atoms with E-state index in [1.54, 1.807) is 23.7 Å². The van der Waals surface area contributed by atoms with Crippen molar-refractivity contribution in [3.8, 4) is 22.0 Å². The Labute approximate surface area is 157 Å². The van der Waals surface area contributed by atoms with Gasteiger partial charge in [0.25, 0.3) is 0 Å². The Morgan fingerprint density at radius 2 is 1.96 bits per heavy atom. The second kappa shape index (κ2) is 6.07. The van der Waals surface area contributed by atoms with Crippen LogP contribution in [0.25, 0.3) is 44.0 Å². The zero-order chi connectivity index (χ0) is 18.4. The van der Waals surface area contributed by atoms with Gasteiger partial charge >= 0.3 is 0 Å². The predicted molar refractivity (Wildman–Crippen MR) is 107 cm³/mol. The lowest BCUT2D eigenvalue weighted by atomic mass is 10.1. The standard InChI is InChI=1S/C20H13N5OS/c1-11-10-23-20(27-11)18-16(24-17-15(26)6-8-22-19(17)25-18)13-4-5-14-12(9-13)3-2-7-21-14/h2-10H,1H3,(H,22,25,26). The molecule has 0 fully saturated rings. The van der Waals surface area contributed by atoms with E-state index in [2.05, 4.69) is 19.9 Å². The Morgan fingerprint density at radius 1 is 1.04 bits per heavy atom. The topological polar surface area (TPSA) is 84.4 Å². The number of pyridine rings is 2. The van der Waals surface area contributed by atoms with Crippen molar-refractivity contribution in [2.75, 3.05) is 0 Å². The summed E-state index contributed by atoms with van der Waals surface area (Å²) < 4.78 is 0. The molecule has 4 aromatic heterocycles. The van der Waals surface area contributed by atoms with E-state index in [1.807, 2.05) is 43.5 Å². The summed E-state index contributed by atoms with van der Waals surface area (Å²) in [5, 5.41) is 1.77. The molecular weight excluding hydrogens is 358 g/mol. The molecule has 0 bridgehead atoms. The Morgan fingerprint density at radius 3 is 2.81 bits per heavy atom. The molecule has 0 aliphatic carbocycles. The SMILES string of the molecule is Cc1cnc(-c2nc3[nH]ccc(=O)c3nc2-c2ccc3ncccc3c2)s1. The van der Waals surface area contributed by atoms with Crippen LogP contribution in [0.4, 0.5) is 0 Å². The lowest BCUT2D eigenvalue weighted by Crippen LogP contribution is -2.06. The zero-order valence-corrected chi connectivity index (χ0v) is 15.1. The van der Waals surface area contributed by atoms with E-state index in [1.165, 1.54) is 6.07 Å². The van der Waals surface area contributed by atoms with Gasteiger partial charge in [0.05, 0.1) is 5.52 Å². The third kappa shape index (κ3) is 2.69. The fraction of sp³-hybridized carbons (Fsp3) is 0.0500. The number of benzene rings is 1. The number of hydrogen-bond donors (Lipinski definition) is 1. The Balaban J connectivity index is 1.85. The molecule has 4 heterocycles. The number of aryl methyl sites for hydroxylation is 1. The fourth-order valence-corrected chi connectivity index (χ4v) is 3.78. The Bertz CT molecular complexity index is 1370. The maximum absolute atomic E-state index is 12.3. The van der Waals surface area contributed by atoms with Crippen molar-refractivity contribution in [2.24, 2.45) is 0 Å². The number of rotatable bonds is 2. The molecule has 5 rings (SSSR count). The molecule has 0 aliphatic heterocycles. The smallest absolute Gasteiger partial charge is 0.209 e. The minimum Gasteiger partial charge on any atom is -0.345 e. The molecule has 0 aliphatic rings. The number of nitrogens with zero attached hydrogens (tertiary/aromatic N) is 4. The van der Waals surface area contributed by atoms with Crippen molar-refractivity contribution in [1.29, 1.82) is 0 Å². The molecule has 0 unspecified atom stereocenters. The summed E-state index contributed by atoms with van der Waals surface area (Å²) >= 11 is 1.55. The number of aromatic amines is 1. The molecule has 0 atom stereocenters. The lowest BCUT2D eigenvalue weighted by Gasteiger charge is -2.09. The minimum atomic E-state index is -0.165. The summed E-state index contributed by atoms with van der Waals surface area (Å²) in [7, 11) is 0. The molecule has 130 valence electrons. The van der Waals surface area contributed by atoms with E-state index < -0.39 is 0 Å². The highest BCUT2D eigenvalue weighted by Gasteiger charge is 2.17. The van der Waals surface area contributed by atoms with Crippen molar-refractivity contribution >= 4 is 33.4 Å². The second-order valence-corrected chi connectivity index (χ2v) is 7.38. The van der Waals surface area contributed by atoms with Crippen molar-refractivity contribution in [3.05, 3.63) is 70.1 Å². The lowest BCUT2D eigenvalue weighted by molar-refractivity contribution is 1.21. The third-order valence-corrected chi connectivity index (χ3v) is 5.20. The molecule has 6 nitrogen and oxygen atoms in total. The molecule has 0 spiro atoms. The molecule has 0 radical (unpaired) electrons. The minimum absolute atomic E-state index is 0.165. The number of aromatic nitrogens is 5. The first-order valence-electron chi connectivity index (χ1n) is 8.36. The largest absolute Gasteiger partial charge is 0.345 e. The van der Waals surface area contributed by atoms with Crippen LogP contribution in [0.1, 0.15) is 4.88 Å². The van der Waals surface area contributed by atoms with Gasteiger partial charge in [-0.2, -0.15) is 0 Å². The summed E-state index contributed by atoms with van der Waals surface area (Å²) in [5.41, 5.74) is 3.68. The predicted octanol–water partition coefficient (Wildman–Crippen LogP) is 3.97. The van der Waals surface area contributed by atoms with Crippen LogP contribution >= 0.6 is 11.3 Å². The van der Waals surface area contributed by atoms with Crippen molar-refractivity contribution in [3.63, 3.8) is 0 Å². The molecule has 5 aromatic rings. The Kier molecular flexibility index (Phi) is 3.54. The molecule has 0 saturated heterocycles. The molecule has 7 heteroatoms. The van der Waals surface area contributed by atoms with Crippen LogP contribution in [-0.4, -0.2) is 24.9 Å². The normalized spacial score (nSPS) is 11.3. The molecule has 1 N–H and O–H groups in total. The van der Waals surface area contributed by atoms with E-state index in [9.17, 15) is 4.79 Å². The van der Waals surface area contributed by atoms with Gasteiger partial charge in [0, 0.05) is 40.5 Å². The highest BCUT2D eigenvalue weighted by molar-refractivity contribution is 7.14. The average molecular weight is 371 g/mol. The Hall–Kier alpha value is -3.45. The van der Waals surface area contributed by atoms with Gasteiger partial charge in [-0.3, -0.25) is 9.78 Å². The molecule has 0 amide bonds. The van der Waals surface area contributed by atoms with E-state index in [0.29, 0.717) is 22.6 Å². The monoisotopic (exact) mass is 371 g/mol. The van der Waals surface area contributed by atoms with Crippen LogP contribution in [0.5, 0.6) is 0 Å². The van der Waals surface area contributed by atoms with Crippen LogP contribution in [0.2, 0.25) is 0 Å². The van der Waals surface area contributed by atoms with Gasteiger partial charge in [-0.15, -0.1) is 11.3 Å². The first-order valence-corrected chi connectivity index (χ1v) is 9.18. The number of hydrogen-bond acceptors (Lipinski definition) is 6. The van der Waals surface area contributed by atoms with E-state index in [4.69, 9.17) is 4.98 Å². The number of nitrogens with one attached hydrogen (secondary N) is 1. The second-order valence-electron chi connectivity index (χ2n) is 6.15.